The van der Waals surface area contributed by atoms with Crippen LogP contribution in [-0.2, 0) is 16.8 Å². The SMILES string of the molecule is CC(C)(C)c1ccc(SCC(=O)NCc2nc3ccccc3[nH]2)cc1. The summed E-state index contributed by atoms with van der Waals surface area (Å²) in [6, 6.07) is 16.3. The number of hydrogen-bond donors (Lipinski definition) is 2. The Hall–Kier alpha value is -2.27. The lowest BCUT2D eigenvalue weighted by molar-refractivity contribution is -0.118. The van der Waals surface area contributed by atoms with Crippen LogP contribution < -0.4 is 5.32 Å². The van der Waals surface area contributed by atoms with Crippen molar-refractivity contribution in [1.82, 2.24) is 15.3 Å². The second kappa shape index (κ2) is 7.31. The maximum absolute atomic E-state index is 12.1. The molecule has 130 valence electrons. The smallest absolute Gasteiger partial charge is 0.230 e. The molecule has 2 aromatic carbocycles. The van der Waals surface area contributed by atoms with E-state index < -0.39 is 0 Å². The Balaban J connectivity index is 1.49. The Morgan fingerprint density at radius 3 is 2.52 bits per heavy atom. The van der Waals surface area contributed by atoms with Gasteiger partial charge in [0, 0.05) is 4.90 Å². The minimum Gasteiger partial charge on any atom is -0.348 e. The van der Waals surface area contributed by atoms with Gasteiger partial charge in [-0.15, -0.1) is 11.8 Å². The van der Waals surface area contributed by atoms with Crippen molar-refractivity contribution in [3.05, 3.63) is 59.9 Å². The molecule has 1 heterocycles. The van der Waals surface area contributed by atoms with E-state index in [1.54, 1.807) is 11.8 Å². The van der Waals surface area contributed by atoms with Crippen LogP contribution in [0.5, 0.6) is 0 Å². The van der Waals surface area contributed by atoms with Gasteiger partial charge in [0.15, 0.2) is 0 Å². The van der Waals surface area contributed by atoms with Crippen LogP contribution in [0.2, 0.25) is 0 Å². The number of para-hydroxylation sites is 2. The van der Waals surface area contributed by atoms with E-state index in [2.05, 4.69) is 60.3 Å². The van der Waals surface area contributed by atoms with Crippen molar-refractivity contribution in [1.29, 1.82) is 0 Å². The van der Waals surface area contributed by atoms with Crippen LogP contribution in [0.4, 0.5) is 0 Å². The zero-order chi connectivity index (χ0) is 17.9. The minimum absolute atomic E-state index is 0.00496. The average Bonchev–Trinajstić information content (AvgIpc) is 3.00. The van der Waals surface area contributed by atoms with E-state index in [-0.39, 0.29) is 11.3 Å². The molecule has 0 spiro atoms. The van der Waals surface area contributed by atoms with Gasteiger partial charge in [0.25, 0.3) is 0 Å². The lowest BCUT2D eigenvalue weighted by Crippen LogP contribution is -2.25. The first-order chi connectivity index (χ1) is 11.9. The molecule has 0 atom stereocenters. The van der Waals surface area contributed by atoms with Crippen LogP contribution in [0, 0.1) is 0 Å². The van der Waals surface area contributed by atoms with Crippen molar-refractivity contribution >= 4 is 28.7 Å². The van der Waals surface area contributed by atoms with E-state index in [0.29, 0.717) is 12.3 Å². The molecule has 0 fully saturated rings. The highest BCUT2D eigenvalue weighted by atomic mass is 32.2. The second-order valence-electron chi connectivity index (χ2n) is 7.04. The monoisotopic (exact) mass is 353 g/mol. The zero-order valence-electron chi connectivity index (χ0n) is 14.8. The average molecular weight is 353 g/mol. The van der Waals surface area contributed by atoms with Gasteiger partial charge in [0.1, 0.15) is 5.82 Å². The lowest BCUT2D eigenvalue weighted by Gasteiger charge is -2.19. The Labute approximate surface area is 152 Å². The number of amides is 1. The molecule has 0 aliphatic carbocycles. The van der Waals surface area contributed by atoms with Crippen LogP contribution in [0.1, 0.15) is 32.2 Å². The number of H-pyrrole nitrogens is 1. The van der Waals surface area contributed by atoms with Crippen LogP contribution in [-0.4, -0.2) is 21.6 Å². The third-order valence-electron chi connectivity index (χ3n) is 3.98. The molecule has 0 bridgehead atoms. The first kappa shape index (κ1) is 17.5. The van der Waals surface area contributed by atoms with Crippen molar-refractivity contribution < 1.29 is 4.79 Å². The van der Waals surface area contributed by atoms with Gasteiger partial charge in [0.05, 0.1) is 23.3 Å². The molecule has 25 heavy (non-hydrogen) atoms. The van der Waals surface area contributed by atoms with Crippen molar-refractivity contribution in [2.75, 3.05) is 5.75 Å². The van der Waals surface area contributed by atoms with Crippen molar-refractivity contribution in [3.63, 3.8) is 0 Å². The largest absolute Gasteiger partial charge is 0.348 e. The van der Waals surface area contributed by atoms with Gasteiger partial charge in [-0.3, -0.25) is 4.79 Å². The summed E-state index contributed by atoms with van der Waals surface area (Å²) >= 11 is 1.55. The number of nitrogens with one attached hydrogen (secondary N) is 2. The molecule has 2 N–H and O–H groups in total. The van der Waals surface area contributed by atoms with Gasteiger partial charge in [-0.2, -0.15) is 0 Å². The molecule has 3 rings (SSSR count). The molecule has 0 unspecified atom stereocenters. The third kappa shape index (κ3) is 4.63. The topological polar surface area (TPSA) is 57.8 Å². The first-order valence-corrected chi connectivity index (χ1v) is 9.34. The molecule has 3 aromatic rings. The fourth-order valence-corrected chi connectivity index (χ4v) is 3.25. The number of imidazole rings is 1. The highest BCUT2D eigenvalue weighted by Crippen LogP contribution is 2.25. The highest BCUT2D eigenvalue weighted by Gasteiger charge is 2.13. The Morgan fingerprint density at radius 2 is 1.84 bits per heavy atom. The van der Waals surface area contributed by atoms with Crippen LogP contribution in [0.15, 0.2) is 53.4 Å². The standard InChI is InChI=1S/C20H23N3OS/c1-20(2,3)14-8-10-15(11-9-14)25-13-19(24)21-12-18-22-16-6-4-5-7-17(16)23-18/h4-11H,12-13H2,1-3H3,(H,21,24)(H,22,23). The van der Waals surface area contributed by atoms with E-state index in [9.17, 15) is 4.79 Å². The molecule has 5 heteroatoms. The molecule has 1 aromatic heterocycles. The number of carbonyl (C=O) groups excluding carboxylic acids is 1. The Morgan fingerprint density at radius 1 is 1.12 bits per heavy atom. The summed E-state index contributed by atoms with van der Waals surface area (Å²) < 4.78 is 0. The first-order valence-electron chi connectivity index (χ1n) is 8.35. The number of benzene rings is 2. The van der Waals surface area contributed by atoms with E-state index in [0.717, 1.165) is 21.8 Å². The number of thioether (sulfide) groups is 1. The lowest BCUT2D eigenvalue weighted by atomic mass is 9.87. The summed E-state index contributed by atoms with van der Waals surface area (Å²) in [6.07, 6.45) is 0. The normalized spacial score (nSPS) is 11.6. The van der Waals surface area contributed by atoms with E-state index in [4.69, 9.17) is 0 Å². The fraction of sp³-hybridized carbons (Fsp3) is 0.300. The van der Waals surface area contributed by atoms with Gasteiger partial charge < -0.3 is 10.3 Å². The van der Waals surface area contributed by atoms with Gasteiger partial charge in [-0.05, 0) is 35.2 Å². The number of hydrogen-bond acceptors (Lipinski definition) is 3. The van der Waals surface area contributed by atoms with Crippen molar-refractivity contribution in [2.24, 2.45) is 0 Å². The summed E-state index contributed by atoms with van der Waals surface area (Å²) in [6.45, 7) is 7.00. The Kier molecular flexibility index (Phi) is 5.13. The molecular weight excluding hydrogens is 330 g/mol. The Bertz CT molecular complexity index is 830. The van der Waals surface area contributed by atoms with Crippen molar-refractivity contribution in [3.8, 4) is 0 Å². The second-order valence-corrected chi connectivity index (χ2v) is 8.09. The molecule has 0 saturated heterocycles. The van der Waals surface area contributed by atoms with Crippen LogP contribution >= 0.6 is 11.8 Å². The maximum Gasteiger partial charge on any atom is 0.230 e. The minimum atomic E-state index is 0.00496. The molecule has 0 radical (unpaired) electrons. The van der Waals surface area contributed by atoms with Gasteiger partial charge in [0.2, 0.25) is 5.91 Å². The predicted octanol–water partition coefficient (Wildman–Crippen LogP) is 4.27. The quantitative estimate of drug-likeness (QED) is 0.674. The molecule has 1 amide bonds. The summed E-state index contributed by atoms with van der Waals surface area (Å²) in [5.41, 5.74) is 3.35. The molecule has 0 aliphatic heterocycles. The van der Waals surface area contributed by atoms with Crippen molar-refractivity contribution in [2.45, 2.75) is 37.6 Å². The maximum atomic E-state index is 12.1. The number of fused-ring (bicyclic) bond motifs is 1. The molecular formula is C20H23N3OS. The number of aromatic amines is 1. The predicted molar refractivity (Wildman–Crippen MR) is 104 cm³/mol. The van der Waals surface area contributed by atoms with Gasteiger partial charge in [-0.1, -0.05) is 45.0 Å². The zero-order valence-corrected chi connectivity index (χ0v) is 15.6. The fourth-order valence-electron chi connectivity index (χ4n) is 2.52. The number of rotatable bonds is 5. The number of aromatic nitrogens is 2. The highest BCUT2D eigenvalue weighted by molar-refractivity contribution is 8.00. The molecule has 4 nitrogen and oxygen atoms in total. The summed E-state index contributed by atoms with van der Waals surface area (Å²) in [5.74, 6) is 1.18. The number of carbonyl (C=O) groups is 1. The molecule has 0 aliphatic rings. The summed E-state index contributed by atoms with van der Waals surface area (Å²) in [5, 5.41) is 2.91. The van der Waals surface area contributed by atoms with E-state index in [1.807, 2.05) is 24.3 Å². The molecule has 0 saturated carbocycles. The number of nitrogens with zero attached hydrogens (tertiary/aromatic N) is 1. The van der Waals surface area contributed by atoms with E-state index >= 15 is 0 Å². The van der Waals surface area contributed by atoms with Gasteiger partial charge in [-0.25, -0.2) is 4.98 Å². The van der Waals surface area contributed by atoms with E-state index in [1.165, 1.54) is 5.56 Å². The van der Waals surface area contributed by atoms with Crippen LogP contribution in [0.3, 0.4) is 0 Å². The third-order valence-corrected chi connectivity index (χ3v) is 4.99. The van der Waals surface area contributed by atoms with Crippen LogP contribution in [0.25, 0.3) is 11.0 Å². The summed E-state index contributed by atoms with van der Waals surface area (Å²) in [7, 11) is 0. The van der Waals surface area contributed by atoms with Gasteiger partial charge >= 0.3 is 0 Å². The summed E-state index contributed by atoms with van der Waals surface area (Å²) in [4.78, 5) is 20.8.